The van der Waals surface area contributed by atoms with Crippen LogP contribution in [0.15, 0.2) is 78.9 Å². The molecule has 52 heavy (non-hydrogen) atoms. The second-order valence-corrected chi connectivity index (χ2v) is 13.8. The number of carbonyl (C=O) groups is 5. The van der Waals surface area contributed by atoms with E-state index in [1.165, 1.54) is 0 Å². The van der Waals surface area contributed by atoms with Crippen molar-refractivity contribution in [1.29, 1.82) is 0 Å². The van der Waals surface area contributed by atoms with Gasteiger partial charge in [-0.05, 0) is 45.6 Å². The molecule has 0 unspecified atom stereocenters. The molecule has 2 N–H and O–H groups in total. The quantitative estimate of drug-likeness (QED) is 0.134. The first-order valence-electron chi connectivity index (χ1n) is 18.0. The lowest BCUT2D eigenvalue weighted by Crippen LogP contribution is -2.61. The summed E-state index contributed by atoms with van der Waals surface area (Å²) >= 11 is 0. The molecule has 0 fully saturated rings. The smallest absolute Gasteiger partial charge is 0.407 e. The first-order valence-corrected chi connectivity index (χ1v) is 18.0. The number of benzene rings is 3. The van der Waals surface area contributed by atoms with E-state index in [1.54, 1.807) is 41.5 Å². The van der Waals surface area contributed by atoms with Crippen LogP contribution in [0.25, 0.3) is 11.1 Å². The van der Waals surface area contributed by atoms with Crippen LogP contribution in [0.4, 0.5) is 4.79 Å². The van der Waals surface area contributed by atoms with E-state index in [2.05, 4.69) is 10.6 Å². The Morgan fingerprint density at radius 1 is 0.712 bits per heavy atom. The Morgan fingerprint density at radius 2 is 1.29 bits per heavy atom. The van der Waals surface area contributed by atoms with E-state index in [-0.39, 0.29) is 31.5 Å². The van der Waals surface area contributed by atoms with Crippen LogP contribution in [0.3, 0.4) is 0 Å². The fourth-order valence-electron chi connectivity index (χ4n) is 6.24. The standard InChI is InChI=1S/C41H51N3O8/c1-8-27(7)36(43-41(49)51-24-33-31-21-15-13-19-29(31)30-20-14-16-22-32(30)33)39(47)44(52-34(45)9-2)37(26(5)6)38(46)42-35(25(3)4)40(48)50-23-28-17-11-10-12-18-28/h10-22,25-27,33,35-37H,8-9,23-24H2,1-7H3,(H,42,46)(H,43,49)/t27-,35-,36-,37+/m0/s1. The van der Waals surface area contributed by atoms with Gasteiger partial charge < -0.3 is 24.9 Å². The fourth-order valence-corrected chi connectivity index (χ4v) is 6.24. The topological polar surface area (TPSA) is 140 Å². The number of fused-ring (bicyclic) bond motifs is 3. The molecule has 4 atom stereocenters. The third-order valence-electron chi connectivity index (χ3n) is 9.40. The highest BCUT2D eigenvalue weighted by Gasteiger charge is 2.42. The third-order valence-corrected chi connectivity index (χ3v) is 9.40. The Hall–Kier alpha value is -5.19. The van der Waals surface area contributed by atoms with E-state index in [0.29, 0.717) is 6.42 Å². The Labute approximate surface area is 306 Å². The summed E-state index contributed by atoms with van der Waals surface area (Å²) in [4.78, 5) is 73.3. The zero-order chi connectivity index (χ0) is 37.9. The van der Waals surface area contributed by atoms with Crippen molar-refractivity contribution < 1.29 is 38.3 Å². The van der Waals surface area contributed by atoms with E-state index in [9.17, 15) is 24.0 Å². The number of nitrogens with zero attached hydrogens (tertiary/aromatic N) is 1. The van der Waals surface area contributed by atoms with Crippen LogP contribution in [0.5, 0.6) is 0 Å². The van der Waals surface area contributed by atoms with Gasteiger partial charge >= 0.3 is 18.0 Å². The summed E-state index contributed by atoms with van der Waals surface area (Å²) < 4.78 is 11.3. The van der Waals surface area contributed by atoms with Crippen LogP contribution in [0, 0.1) is 17.8 Å². The van der Waals surface area contributed by atoms with Crippen molar-refractivity contribution in [2.75, 3.05) is 6.61 Å². The third kappa shape index (κ3) is 9.57. The molecule has 0 heterocycles. The van der Waals surface area contributed by atoms with Gasteiger partial charge in [0.2, 0.25) is 5.91 Å². The number of nitrogens with one attached hydrogen (secondary N) is 2. The number of alkyl carbamates (subject to hydrolysis) is 1. The number of amides is 3. The van der Waals surface area contributed by atoms with Crippen LogP contribution in [0.1, 0.15) is 83.9 Å². The summed E-state index contributed by atoms with van der Waals surface area (Å²) in [6.07, 6.45) is -0.435. The summed E-state index contributed by atoms with van der Waals surface area (Å²) in [5, 5.41) is 6.19. The van der Waals surface area contributed by atoms with Crippen molar-refractivity contribution in [1.82, 2.24) is 15.7 Å². The molecular weight excluding hydrogens is 662 g/mol. The van der Waals surface area contributed by atoms with Gasteiger partial charge in [-0.2, -0.15) is 5.06 Å². The van der Waals surface area contributed by atoms with E-state index >= 15 is 0 Å². The van der Waals surface area contributed by atoms with Crippen LogP contribution >= 0.6 is 0 Å². The summed E-state index contributed by atoms with van der Waals surface area (Å²) in [6.45, 7) is 12.1. The van der Waals surface area contributed by atoms with Gasteiger partial charge in [-0.1, -0.05) is 134 Å². The highest BCUT2D eigenvalue weighted by Crippen LogP contribution is 2.44. The molecule has 11 heteroatoms. The maximum Gasteiger partial charge on any atom is 0.407 e. The van der Waals surface area contributed by atoms with Crippen molar-refractivity contribution in [2.45, 2.75) is 92.0 Å². The molecule has 278 valence electrons. The molecule has 11 nitrogen and oxygen atoms in total. The molecule has 0 aromatic heterocycles. The Balaban J connectivity index is 1.53. The molecule has 4 rings (SSSR count). The first kappa shape index (κ1) is 39.6. The van der Waals surface area contributed by atoms with E-state index < -0.39 is 59.8 Å². The molecule has 3 aromatic rings. The SMILES string of the molecule is CCC(=O)ON(C(=O)[C@@H](NC(=O)OCC1c2ccccc2-c2ccccc21)[C@@H](C)CC)[C@@H](C(=O)N[C@H](C(=O)OCc1ccccc1)C(C)C)C(C)C. The maximum atomic E-state index is 14.4. The summed E-state index contributed by atoms with van der Waals surface area (Å²) in [5.74, 6) is -4.49. The van der Waals surface area contributed by atoms with Gasteiger partial charge in [0.15, 0.2) is 6.04 Å². The Morgan fingerprint density at radius 3 is 1.83 bits per heavy atom. The molecule has 0 spiro atoms. The maximum absolute atomic E-state index is 14.4. The second-order valence-electron chi connectivity index (χ2n) is 13.8. The summed E-state index contributed by atoms with van der Waals surface area (Å²) in [5.41, 5.74) is 5.02. The minimum atomic E-state index is -1.35. The number of hydrogen-bond donors (Lipinski definition) is 2. The molecule has 0 aliphatic heterocycles. The summed E-state index contributed by atoms with van der Waals surface area (Å²) in [6, 6.07) is 21.5. The van der Waals surface area contributed by atoms with Crippen LogP contribution in [-0.2, 0) is 40.1 Å². The van der Waals surface area contributed by atoms with Crippen LogP contribution in [0.2, 0.25) is 0 Å². The van der Waals surface area contributed by atoms with Gasteiger partial charge in [0.05, 0.1) is 0 Å². The lowest BCUT2D eigenvalue weighted by molar-refractivity contribution is -0.213. The van der Waals surface area contributed by atoms with Gasteiger partial charge in [0.1, 0.15) is 25.3 Å². The van der Waals surface area contributed by atoms with Gasteiger partial charge in [0, 0.05) is 12.3 Å². The average Bonchev–Trinajstić information content (AvgIpc) is 3.46. The van der Waals surface area contributed by atoms with Crippen molar-refractivity contribution in [3.63, 3.8) is 0 Å². The van der Waals surface area contributed by atoms with Crippen molar-refractivity contribution in [3.8, 4) is 11.1 Å². The zero-order valence-corrected chi connectivity index (χ0v) is 31.1. The monoisotopic (exact) mass is 713 g/mol. The number of hydrogen-bond acceptors (Lipinski definition) is 8. The number of rotatable bonds is 15. The molecule has 3 amide bonds. The predicted octanol–water partition coefficient (Wildman–Crippen LogP) is 6.55. The fraction of sp³-hybridized carbons (Fsp3) is 0.439. The van der Waals surface area contributed by atoms with Crippen LogP contribution in [-0.4, -0.2) is 59.6 Å². The minimum Gasteiger partial charge on any atom is -0.459 e. The molecule has 0 bridgehead atoms. The normalized spacial score (nSPS) is 14.3. The van der Waals surface area contributed by atoms with Gasteiger partial charge in [0.25, 0.3) is 5.91 Å². The summed E-state index contributed by atoms with van der Waals surface area (Å²) in [7, 11) is 0. The predicted molar refractivity (Wildman–Crippen MR) is 196 cm³/mol. The number of carbonyl (C=O) groups excluding carboxylic acids is 5. The molecule has 0 radical (unpaired) electrons. The largest absolute Gasteiger partial charge is 0.459 e. The molecular formula is C41H51N3O8. The highest BCUT2D eigenvalue weighted by molar-refractivity contribution is 5.93. The van der Waals surface area contributed by atoms with Gasteiger partial charge in [-0.15, -0.1) is 0 Å². The van der Waals surface area contributed by atoms with Gasteiger partial charge in [-0.25, -0.2) is 14.4 Å². The lowest BCUT2D eigenvalue weighted by atomic mass is 9.95. The zero-order valence-electron chi connectivity index (χ0n) is 31.1. The van der Waals surface area contributed by atoms with Crippen LogP contribution < -0.4 is 10.6 Å². The Kier molecular flexibility index (Phi) is 14.0. The average molecular weight is 714 g/mol. The lowest BCUT2D eigenvalue weighted by Gasteiger charge is -2.36. The van der Waals surface area contributed by atoms with Crippen molar-refractivity contribution in [3.05, 3.63) is 95.6 Å². The molecule has 1 aliphatic carbocycles. The Bertz CT molecular complexity index is 1660. The minimum absolute atomic E-state index is 0.0171. The van der Waals surface area contributed by atoms with E-state index in [0.717, 1.165) is 32.9 Å². The molecule has 3 aromatic carbocycles. The molecule has 0 saturated heterocycles. The van der Waals surface area contributed by atoms with Gasteiger partial charge in [-0.3, -0.25) is 9.59 Å². The number of hydroxylamine groups is 2. The van der Waals surface area contributed by atoms with Crippen molar-refractivity contribution >= 4 is 29.8 Å². The molecule has 0 saturated carbocycles. The first-order chi connectivity index (χ1) is 24.9. The van der Waals surface area contributed by atoms with E-state index in [4.69, 9.17) is 14.3 Å². The number of esters is 1. The second kappa shape index (κ2) is 18.3. The molecule has 1 aliphatic rings. The van der Waals surface area contributed by atoms with Crippen molar-refractivity contribution in [2.24, 2.45) is 17.8 Å². The highest BCUT2D eigenvalue weighted by atomic mass is 16.7. The van der Waals surface area contributed by atoms with E-state index in [1.807, 2.05) is 85.8 Å². The number of ether oxygens (including phenoxy) is 2.